The number of rotatable bonds is 6. The predicted molar refractivity (Wildman–Crippen MR) is 102 cm³/mol. The smallest absolute Gasteiger partial charge is 0.119 e. The number of aliphatic hydroxyl groups is 1. The molecule has 3 heteroatoms. The highest BCUT2D eigenvalue weighted by atomic mass is 16.5. The van der Waals surface area contributed by atoms with Crippen LogP contribution in [0, 0.1) is 6.92 Å². The molecule has 0 radical (unpaired) electrons. The van der Waals surface area contributed by atoms with Crippen LogP contribution in [-0.4, -0.2) is 36.8 Å². The van der Waals surface area contributed by atoms with Gasteiger partial charge < -0.3 is 14.7 Å². The quantitative estimate of drug-likeness (QED) is 0.810. The molecule has 134 valence electrons. The second kappa shape index (κ2) is 8.50. The Morgan fingerprint density at radius 1 is 1.12 bits per heavy atom. The summed E-state index contributed by atoms with van der Waals surface area (Å²) in [7, 11) is 1.69. The molecule has 0 saturated heterocycles. The second-order valence-electron chi connectivity index (χ2n) is 7.07. The molecule has 0 aromatic heterocycles. The van der Waals surface area contributed by atoms with Crippen LogP contribution in [0.1, 0.15) is 41.2 Å². The van der Waals surface area contributed by atoms with Crippen molar-refractivity contribution in [2.24, 2.45) is 0 Å². The number of hydrogen-bond acceptors (Lipinski definition) is 3. The summed E-state index contributed by atoms with van der Waals surface area (Å²) >= 11 is 0. The Morgan fingerprint density at radius 3 is 2.68 bits per heavy atom. The van der Waals surface area contributed by atoms with Crippen molar-refractivity contribution in [3.8, 4) is 5.75 Å². The topological polar surface area (TPSA) is 32.7 Å². The number of β-amino-alcohol motifs (C(OH)–C–C–N with tert-alkyl or cyclic N) is 1. The molecule has 0 unspecified atom stereocenters. The van der Waals surface area contributed by atoms with Gasteiger partial charge in [-0.3, -0.25) is 0 Å². The van der Waals surface area contributed by atoms with E-state index in [9.17, 15) is 5.11 Å². The molecular formula is C22H29NO2. The highest BCUT2D eigenvalue weighted by Gasteiger charge is 2.21. The fourth-order valence-corrected chi connectivity index (χ4v) is 3.59. The van der Waals surface area contributed by atoms with E-state index in [1.54, 1.807) is 7.11 Å². The van der Waals surface area contributed by atoms with Crippen molar-refractivity contribution in [1.82, 2.24) is 4.90 Å². The van der Waals surface area contributed by atoms with Crippen molar-refractivity contribution in [3.05, 3.63) is 64.7 Å². The van der Waals surface area contributed by atoms with Crippen LogP contribution in [-0.2, 0) is 12.8 Å². The van der Waals surface area contributed by atoms with E-state index in [0.717, 1.165) is 43.8 Å². The van der Waals surface area contributed by atoms with Crippen molar-refractivity contribution in [2.75, 3.05) is 26.7 Å². The Kier molecular flexibility index (Phi) is 6.11. The largest absolute Gasteiger partial charge is 0.497 e. The van der Waals surface area contributed by atoms with Gasteiger partial charge in [0.2, 0.25) is 0 Å². The SMILES string of the molecule is COc1ccc2c(c1)CCN(CCCCc1ccc(C)cc1)C[C@@H]2O. The molecule has 2 aromatic rings. The van der Waals surface area contributed by atoms with Gasteiger partial charge in [0.1, 0.15) is 5.75 Å². The molecule has 1 N–H and O–H groups in total. The zero-order valence-electron chi connectivity index (χ0n) is 15.4. The summed E-state index contributed by atoms with van der Waals surface area (Å²) in [6.45, 7) is 4.90. The molecule has 2 aromatic carbocycles. The van der Waals surface area contributed by atoms with E-state index in [1.165, 1.54) is 29.5 Å². The number of aliphatic hydroxyl groups excluding tert-OH is 1. The molecule has 0 amide bonds. The van der Waals surface area contributed by atoms with Crippen LogP contribution in [0.5, 0.6) is 5.75 Å². The van der Waals surface area contributed by atoms with Gasteiger partial charge in [0.25, 0.3) is 0 Å². The molecule has 1 aliphatic rings. The summed E-state index contributed by atoms with van der Waals surface area (Å²) in [6, 6.07) is 14.9. The van der Waals surface area contributed by atoms with Crippen molar-refractivity contribution in [2.45, 2.75) is 38.7 Å². The van der Waals surface area contributed by atoms with E-state index in [0.29, 0.717) is 0 Å². The number of aryl methyl sites for hydroxylation is 2. The summed E-state index contributed by atoms with van der Waals surface area (Å²) in [5.41, 5.74) is 5.01. The van der Waals surface area contributed by atoms with Gasteiger partial charge in [-0.2, -0.15) is 0 Å². The van der Waals surface area contributed by atoms with Crippen molar-refractivity contribution in [3.63, 3.8) is 0 Å². The van der Waals surface area contributed by atoms with Crippen LogP contribution in [0.4, 0.5) is 0 Å². The second-order valence-corrected chi connectivity index (χ2v) is 7.07. The molecule has 1 heterocycles. The minimum atomic E-state index is -0.402. The summed E-state index contributed by atoms with van der Waals surface area (Å²) in [6.07, 6.45) is 4.06. The number of fused-ring (bicyclic) bond motifs is 1. The number of benzene rings is 2. The maximum Gasteiger partial charge on any atom is 0.119 e. The van der Waals surface area contributed by atoms with Gasteiger partial charge in [-0.25, -0.2) is 0 Å². The third kappa shape index (κ3) is 4.83. The van der Waals surface area contributed by atoms with E-state index < -0.39 is 6.10 Å². The average molecular weight is 339 g/mol. The van der Waals surface area contributed by atoms with Crippen LogP contribution in [0.15, 0.2) is 42.5 Å². The van der Waals surface area contributed by atoms with Gasteiger partial charge in [0, 0.05) is 13.1 Å². The van der Waals surface area contributed by atoms with Crippen LogP contribution >= 0.6 is 0 Å². The molecule has 1 aliphatic heterocycles. The first-order chi connectivity index (χ1) is 12.2. The van der Waals surface area contributed by atoms with Gasteiger partial charge in [0.15, 0.2) is 0 Å². The summed E-state index contributed by atoms with van der Waals surface area (Å²) in [5, 5.41) is 10.6. The zero-order valence-corrected chi connectivity index (χ0v) is 15.4. The van der Waals surface area contributed by atoms with Crippen molar-refractivity contribution < 1.29 is 9.84 Å². The Bertz CT molecular complexity index is 681. The molecule has 0 aliphatic carbocycles. The normalized spacial score (nSPS) is 17.8. The Morgan fingerprint density at radius 2 is 1.92 bits per heavy atom. The first-order valence-electron chi connectivity index (χ1n) is 9.28. The van der Waals surface area contributed by atoms with Gasteiger partial charge in [-0.1, -0.05) is 35.9 Å². The van der Waals surface area contributed by atoms with E-state index >= 15 is 0 Å². The zero-order chi connectivity index (χ0) is 17.6. The van der Waals surface area contributed by atoms with Gasteiger partial charge >= 0.3 is 0 Å². The molecule has 0 saturated carbocycles. The highest BCUT2D eigenvalue weighted by Crippen LogP contribution is 2.27. The average Bonchev–Trinajstić information content (AvgIpc) is 2.79. The molecule has 0 bridgehead atoms. The minimum absolute atomic E-state index is 0.402. The maximum atomic E-state index is 10.6. The molecule has 1 atom stereocenters. The summed E-state index contributed by atoms with van der Waals surface area (Å²) in [5.74, 6) is 0.873. The summed E-state index contributed by atoms with van der Waals surface area (Å²) in [4.78, 5) is 2.40. The maximum absolute atomic E-state index is 10.6. The number of unbranched alkanes of at least 4 members (excludes halogenated alkanes) is 1. The minimum Gasteiger partial charge on any atom is -0.497 e. The molecule has 25 heavy (non-hydrogen) atoms. The Hall–Kier alpha value is -1.84. The van der Waals surface area contributed by atoms with Crippen LogP contribution in [0.3, 0.4) is 0 Å². The molecule has 3 nitrogen and oxygen atoms in total. The van der Waals surface area contributed by atoms with Crippen molar-refractivity contribution >= 4 is 0 Å². The Labute approximate surface area is 151 Å². The van der Waals surface area contributed by atoms with Gasteiger partial charge in [0.05, 0.1) is 13.2 Å². The lowest BCUT2D eigenvalue weighted by Gasteiger charge is -2.22. The van der Waals surface area contributed by atoms with Gasteiger partial charge in [-0.15, -0.1) is 0 Å². The third-order valence-electron chi connectivity index (χ3n) is 5.15. The number of ether oxygens (including phenoxy) is 1. The lowest BCUT2D eigenvalue weighted by atomic mass is 10.0. The van der Waals surface area contributed by atoms with Gasteiger partial charge in [-0.05, 0) is 68.0 Å². The van der Waals surface area contributed by atoms with E-state index in [4.69, 9.17) is 4.74 Å². The molecule has 3 rings (SSSR count). The van der Waals surface area contributed by atoms with Crippen molar-refractivity contribution in [1.29, 1.82) is 0 Å². The predicted octanol–water partition coefficient (Wildman–Crippen LogP) is 3.92. The van der Waals surface area contributed by atoms with Crippen LogP contribution in [0.25, 0.3) is 0 Å². The standard InChI is InChI=1S/C22H29NO2/c1-17-6-8-18(9-7-17)5-3-4-13-23-14-12-19-15-20(25-2)10-11-21(19)22(24)16-23/h6-11,15,22,24H,3-5,12-14,16H2,1-2H3/t22-/m0/s1. The number of nitrogens with zero attached hydrogens (tertiary/aromatic N) is 1. The monoisotopic (exact) mass is 339 g/mol. The van der Waals surface area contributed by atoms with Crippen LogP contribution in [0.2, 0.25) is 0 Å². The first kappa shape index (κ1) is 18.0. The number of methoxy groups -OCH3 is 1. The third-order valence-corrected chi connectivity index (χ3v) is 5.15. The highest BCUT2D eigenvalue weighted by molar-refractivity contribution is 5.38. The van der Waals surface area contributed by atoms with Crippen LogP contribution < -0.4 is 4.74 Å². The molecular weight excluding hydrogens is 310 g/mol. The summed E-state index contributed by atoms with van der Waals surface area (Å²) < 4.78 is 5.32. The number of hydrogen-bond donors (Lipinski definition) is 1. The lowest BCUT2D eigenvalue weighted by molar-refractivity contribution is 0.119. The molecule has 0 spiro atoms. The fraction of sp³-hybridized carbons (Fsp3) is 0.455. The van der Waals surface area contributed by atoms with E-state index in [2.05, 4.69) is 42.2 Å². The van der Waals surface area contributed by atoms with E-state index in [1.807, 2.05) is 12.1 Å². The Balaban J connectivity index is 1.49. The lowest BCUT2D eigenvalue weighted by Crippen LogP contribution is -2.29. The van der Waals surface area contributed by atoms with E-state index in [-0.39, 0.29) is 0 Å². The fourth-order valence-electron chi connectivity index (χ4n) is 3.59. The first-order valence-corrected chi connectivity index (χ1v) is 9.28. The molecule has 0 fully saturated rings.